The zero-order valence-electron chi connectivity index (χ0n) is 9.04. The molecule has 3 N–H and O–H groups in total. The fraction of sp³-hybridized carbons (Fsp3) is 0.600. The van der Waals surface area contributed by atoms with Crippen molar-refractivity contribution in [2.45, 2.75) is 37.5 Å². The number of hydrogen-bond donors (Lipinski definition) is 2. The third-order valence-corrected chi connectivity index (χ3v) is 2.83. The third kappa shape index (κ3) is 2.85. The van der Waals surface area contributed by atoms with Crippen LogP contribution in [0.5, 0.6) is 0 Å². The Morgan fingerprint density at radius 2 is 2.12 bits per heavy atom. The monoisotopic (exact) mass is 246 g/mol. The minimum atomic E-state index is -4.45. The molecule has 1 aromatic heterocycles. The van der Waals surface area contributed by atoms with E-state index in [2.05, 4.69) is 15.3 Å². The highest BCUT2D eigenvalue weighted by molar-refractivity contribution is 5.28. The maximum Gasteiger partial charge on any atom is 0.433 e. The first-order valence-electron chi connectivity index (χ1n) is 5.39. The molecule has 1 aliphatic carbocycles. The summed E-state index contributed by atoms with van der Waals surface area (Å²) in [7, 11) is 0. The zero-order chi connectivity index (χ0) is 12.5. The lowest BCUT2D eigenvalue weighted by Gasteiger charge is -2.17. The van der Waals surface area contributed by atoms with Crippen LogP contribution in [0.2, 0.25) is 0 Å². The largest absolute Gasteiger partial charge is 0.433 e. The second kappa shape index (κ2) is 4.48. The maximum absolute atomic E-state index is 12.4. The summed E-state index contributed by atoms with van der Waals surface area (Å²) in [4.78, 5) is 7.21. The van der Waals surface area contributed by atoms with Crippen LogP contribution in [0.15, 0.2) is 12.3 Å². The first-order chi connectivity index (χ1) is 7.97. The van der Waals surface area contributed by atoms with Crippen LogP contribution in [-0.2, 0) is 6.18 Å². The molecule has 1 aliphatic rings. The second-order valence-electron chi connectivity index (χ2n) is 4.11. The van der Waals surface area contributed by atoms with Gasteiger partial charge in [0.1, 0.15) is 5.69 Å². The predicted octanol–water partition coefficient (Wildman–Crippen LogP) is 1.79. The minimum absolute atomic E-state index is 0.0119. The highest BCUT2D eigenvalue weighted by atomic mass is 19.4. The van der Waals surface area contributed by atoms with Crippen LogP contribution in [0.3, 0.4) is 0 Å². The first kappa shape index (κ1) is 12.1. The summed E-state index contributed by atoms with van der Waals surface area (Å²) in [6.45, 7) is 0. The summed E-state index contributed by atoms with van der Waals surface area (Å²) in [5.74, 6) is -0.0119. The van der Waals surface area contributed by atoms with Gasteiger partial charge < -0.3 is 11.1 Å². The van der Waals surface area contributed by atoms with E-state index in [1.54, 1.807) is 0 Å². The number of nitrogens with two attached hydrogens (primary N) is 1. The van der Waals surface area contributed by atoms with Gasteiger partial charge in [-0.15, -0.1) is 0 Å². The molecule has 0 saturated heterocycles. The highest BCUT2D eigenvalue weighted by Crippen LogP contribution is 2.28. The van der Waals surface area contributed by atoms with Crippen LogP contribution in [0.25, 0.3) is 0 Å². The molecular formula is C10H13F3N4. The number of halogens is 3. The number of nitrogens with one attached hydrogen (secondary N) is 1. The predicted molar refractivity (Wildman–Crippen MR) is 56.3 cm³/mol. The molecule has 0 spiro atoms. The standard InChI is InChI=1S/C10H13F3N4/c11-10(12,13)8-4-5-15-9(17-8)16-7-3-1-2-6(7)14/h4-7H,1-3,14H2,(H,15,16,17). The van der Waals surface area contributed by atoms with Crippen molar-refractivity contribution in [1.29, 1.82) is 0 Å². The number of hydrogen-bond acceptors (Lipinski definition) is 4. The van der Waals surface area contributed by atoms with Crippen molar-refractivity contribution < 1.29 is 13.2 Å². The van der Waals surface area contributed by atoms with E-state index >= 15 is 0 Å². The topological polar surface area (TPSA) is 63.8 Å². The van der Waals surface area contributed by atoms with E-state index < -0.39 is 11.9 Å². The van der Waals surface area contributed by atoms with Crippen molar-refractivity contribution in [3.05, 3.63) is 18.0 Å². The minimum Gasteiger partial charge on any atom is -0.350 e. The number of alkyl halides is 3. The average Bonchev–Trinajstić information content (AvgIpc) is 2.64. The smallest absolute Gasteiger partial charge is 0.350 e. The van der Waals surface area contributed by atoms with Gasteiger partial charge in [0.05, 0.1) is 0 Å². The SMILES string of the molecule is NC1CCCC1Nc1nccc(C(F)(F)F)n1. The Morgan fingerprint density at radius 1 is 1.35 bits per heavy atom. The molecule has 0 radical (unpaired) electrons. The van der Waals surface area contributed by atoms with Crippen molar-refractivity contribution in [3.63, 3.8) is 0 Å². The Bertz CT molecular complexity index is 393. The van der Waals surface area contributed by atoms with Gasteiger partial charge in [-0.3, -0.25) is 0 Å². The first-order valence-corrected chi connectivity index (χ1v) is 5.39. The lowest BCUT2D eigenvalue weighted by molar-refractivity contribution is -0.141. The summed E-state index contributed by atoms with van der Waals surface area (Å²) < 4.78 is 37.2. The van der Waals surface area contributed by atoms with E-state index in [9.17, 15) is 13.2 Å². The Balaban J connectivity index is 2.11. The van der Waals surface area contributed by atoms with Gasteiger partial charge in [0.2, 0.25) is 5.95 Å². The molecule has 17 heavy (non-hydrogen) atoms. The van der Waals surface area contributed by atoms with Gasteiger partial charge in [0.15, 0.2) is 0 Å². The van der Waals surface area contributed by atoms with Gasteiger partial charge in [0, 0.05) is 18.3 Å². The highest BCUT2D eigenvalue weighted by Gasteiger charge is 2.33. The van der Waals surface area contributed by atoms with Crippen LogP contribution in [-0.4, -0.2) is 22.1 Å². The van der Waals surface area contributed by atoms with Gasteiger partial charge in [-0.05, 0) is 25.3 Å². The van der Waals surface area contributed by atoms with Crippen LogP contribution >= 0.6 is 0 Å². The quantitative estimate of drug-likeness (QED) is 0.835. The molecule has 2 rings (SSSR count). The van der Waals surface area contributed by atoms with Crippen molar-refractivity contribution in [2.24, 2.45) is 5.73 Å². The van der Waals surface area contributed by atoms with Crippen LogP contribution < -0.4 is 11.1 Å². The Kier molecular flexibility index (Phi) is 3.19. The summed E-state index contributed by atoms with van der Waals surface area (Å²) in [5.41, 5.74) is 4.87. The average molecular weight is 246 g/mol. The molecule has 2 unspecified atom stereocenters. The molecule has 4 nitrogen and oxygen atoms in total. The molecule has 0 aromatic carbocycles. The van der Waals surface area contributed by atoms with Crippen molar-refractivity contribution >= 4 is 5.95 Å². The molecule has 94 valence electrons. The lowest BCUT2D eigenvalue weighted by Crippen LogP contribution is -2.35. The van der Waals surface area contributed by atoms with E-state index in [0.29, 0.717) is 0 Å². The van der Waals surface area contributed by atoms with E-state index in [1.165, 1.54) is 0 Å². The summed E-state index contributed by atoms with van der Waals surface area (Å²) >= 11 is 0. The van der Waals surface area contributed by atoms with Gasteiger partial charge >= 0.3 is 6.18 Å². The van der Waals surface area contributed by atoms with Crippen molar-refractivity contribution in [2.75, 3.05) is 5.32 Å². The summed E-state index contributed by atoms with van der Waals surface area (Å²) in [6.07, 6.45) is -0.676. The van der Waals surface area contributed by atoms with E-state index in [1.807, 2.05) is 0 Å². The molecule has 0 amide bonds. The van der Waals surface area contributed by atoms with Crippen LogP contribution in [0.1, 0.15) is 25.0 Å². The zero-order valence-corrected chi connectivity index (χ0v) is 9.04. The fourth-order valence-electron chi connectivity index (χ4n) is 1.92. The van der Waals surface area contributed by atoms with E-state index in [-0.39, 0.29) is 18.0 Å². The van der Waals surface area contributed by atoms with Gasteiger partial charge in [-0.2, -0.15) is 13.2 Å². The summed E-state index contributed by atoms with van der Waals surface area (Å²) in [5, 5.41) is 2.86. The molecule has 7 heteroatoms. The molecular weight excluding hydrogens is 233 g/mol. The molecule has 0 bridgehead atoms. The second-order valence-corrected chi connectivity index (χ2v) is 4.11. The Hall–Kier alpha value is -1.37. The third-order valence-electron chi connectivity index (χ3n) is 2.83. The van der Waals surface area contributed by atoms with Crippen LogP contribution in [0.4, 0.5) is 19.1 Å². The molecule has 1 heterocycles. The van der Waals surface area contributed by atoms with Crippen LogP contribution in [0, 0.1) is 0 Å². The lowest BCUT2D eigenvalue weighted by atomic mass is 10.2. The van der Waals surface area contributed by atoms with Crippen molar-refractivity contribution in [1.82, 2.24) is 9.97 Å². The molecule has 1 aromatic rings. The van der Waals surface area contributed by atoms with E-state index in [4.69, 9.17) is 5.73 Å². The summed E-state index contributed by atoms with van der Waals surface area (Å²) in [6, 6.07) is 0.756. The molecule has 1 fully saturated rings. The Labute approximate surface area is 96.4 Å². The fourth-order valence-corrected chi connectivity index (χ4v) is 1.92. The van der Waals surface area contributed by atoms with Gasteiger partial charge in [-0.25, -0.2) is 9.97 Å². The normalized spacial score (nSPS) is 24.9. The Morgan fingerprint density at radius 3 is 2.71 bits per heavy atom. The van der Waals surface area contributed by atoms with Crippen molar-refractivity contribution in [3.8, 4) is 0 Å². The number of anilines is 1. The number of rotatable bonds is 2. The van der Waals surface area contributed by atoms with E-state index in [0.717, 1.165) is 31.5 Å². The van der Waals surface area contributed by atoms with Gasteiger partial charge in [0.25, 0.3) is 0 Å². The molecule has 0 aliphatic heterocycles. The van der Waals surface area contributed by atoms with Gasteiger partial charge in [-0.1, -0.05) is 0 Å². The number of aromatic nitrogens is 2. The molecule has 1 saturated carbocycles. The molecule has 2 atom stereocenters. The maximum atomic E-state index is 12.4. The number of nitrogens with zero attached hydrogens (tertiary/aromatic N) is 2.